The minimum atomic E-state index is -0.238. The summed E-state index contributed by atoms with van der Waals surface area (Å²) in [5, 5.41) is 3.78. The average molecular weight is 280 g/mol. The van der Waals surface area contributed by atoms with Crippen molar-refractivity contribution in [2.75, 3.05) is 13.1 Å². The van der Waals surface area contributed by atoms with Crippen molar-refractivity contribution >= 4 is 5.91 Å². The lowest BCUT2D eigenvalue weighted by atomic mass is 9.81. The molecule has 1 N–H and O–H groups in total. The van der Waals surface area contributed by atoms with Gasteiger partial charge in [-0.05, 0) is 32.1 Å². The quantitative estimate of drug-likeness (QED) is 0.857. The van der Waals surface area contributed by atoms with Crippen molar-refractivity contribution in [1.29, 1.82) is 0 Å². The van der Waals surface area contributed by atoms with Crippen LogP contribution in [0.5, 0.6) is 0 Å². The van der Waals surface area contributed by atoms with Gasteiger partial charge in [0.1, 0.15) is 0 Å². The zero-order chi connectivity index (χ0) is 14.8. The Kier molecular flexibility index (Phi) is 5.11. The number of carbonyl (C=O) groups is 1. The second-order valence-electron chi connectivity index (χ2n) is 7.92. The van der Waals surface area contributed by atoms with Crippen LogP contribution in [0, 0.1) is 11.3 Å². The predicted molar refractivity (Wildman–Crippen MR) is 83.6 cm³/mol. The second-order valence-corrected chi connectivity index (χ2v) is 7.92. The highest BCUT2D eigenvalue weighted by Crippen LogP contribution is 2.30. The van der Waals surface area contributed by atoms with Gasteiger partial charge in [-0.2, -0.15) is 0 Å². The Hall–Kier alpha value is -0.570. The van der Waals surface area contributed by atoms with Crippen LogP contribution >= 0.6 is 0 Å². The fourth-order valence-electron chi connectivity index (χ4n) is 3.42. The Morgan fingerprint density at radius 3 is 2.25 bits per heavy atom. The number of likely N-dealkylation sites (tertiary alicyclic amines) is 1. The van der Waals surface area contributed by atoms with Crippen molar-refractivity contribution in [2.24, 2.45) is 11.3 Å². The number of hydrogen-bond acceptors (Lipinski definition) is 2. The van der Waals surface area contributed by atoms with Crippen LogP contribution in [0.25, 0.3) is 0 Å². The van der Waals surface area contributed by atoms with E-state index in [1.807, 2.05) is 20.8 Å². The van der Waals surface area contributed by atoms with Gasteiger partial charge in [0.15, 0.2) is 0 Å². The van der Waals surface area contributed by atoms with Gasteiger partial charge in [-0.15, -0.1) is 0 Å². The van der Waals surface area contributed by atoms with Crippen LogP contribution < -0.4 is 5.32 Å². The standard InChI is InChI=1S/C17H32N2O/c1-13(12-14-6-5-7-14)18-15-8-10-19(11-9-15)16(20)17(2,3)4/h13-15,18H,5-12H2,1-4H3. The normalized spacial score (nSPS) is 23.5. The molecule has 1 aliphatic carbocycles. The van der Waals surface area contributed by atoms with Gasteiger partial charge in [0.25, 0.3) is 0 Å². The van der Waals surface area contributed by atoms with Gasteiger partial charge in [0.05, 0.1) is 0 Å². The first-order valence-electron chi connectivity index (χ1n) is 8.41. The number of amides is 1. The Labute approximate surface area is 124 Å². The molecule has 3 nitrogen and oxygen atoms in total. The lowest BCUT2D eigenvalue weighted by Crippen LogP contribution is -2.50. The van der Waals surface area contributed by atoms with Crippen molar-refractivity contribution in [3.63, 3.8) is 0 Å². The van der Waals surface area contributed by atoms with Crippen LogP contribution in [0.2, 0.25) is 0 Å². The van der Waals surface area contributed by atoms with Gasteiger partial charge in [0, 0.05) is 30.6 Å². The molecule has 1 saturated carbocycles. The van der Waals surface area contributed by atoms with Crippen LogP contribution in [0.4, 0.5) is 0 Å². The third kappa shape index (κ3) is 4.21. The third-order valence-electron chi connectivity index (χ3n) is 4.86. The van der Waals surface area contributed by atoms with Gasteiger partial charge in [-0.3, -0.25) is 4.79 Å². The molecule has 1 unspecified atom stereocenters. The predicted octanol–water partition coefficient (Wildman–Crippen LogP) is 3.19. The molecule has 0 radical (unpaired) electrons. The first-order valence-corrected chi connectivity index (χ1v) is 8.41. The van der Waals surface area contributed by atoms with E-state index in [0.717, 1.165) is 31.8 Å². The van der Waals surface area contributed by atoms with E-state index in [4.69, 9.17) is 0 Å². The smallest absolute Gasteiger partial charge is 0.227 e. The summed E-state index contributed by atoms with van der Waals surface area (Å²) in [6.45, 7) is 10.2. The van der Waals surface area contributed by atoms with Crippen molar-refractivity contribution < 1.29 is 4.79 Å². The monoisotopic (exact) mass is 280 g/mol. The summed E-state index contributed by atoms with van der Waals surface area (Å²) in [5.41, 5.74) is -0.238. The SMILES string of the molecule is CC(CC1CCC1)NC1CCN(C(=O)C(C)(C)C)CC1. The molecule has 1 aliphatic heterocycles. The summed E-state index contributed by atoms with van der Waals surface area (Å²) in [6, 6.07) is 1.24. The molecule has 1 atom stereocenters. The van der Waals surface area contributed by atoms with Crippen molar-refractivity contribution in [2.45, 2.75) is 78.3 Å². The van der Waals surface area contributed by atoms with E-state index in [1.54, 1.807) is 0 Å². The minimum Gasteiger partial charge on any atom is -0.342 e. The third-order valence-corrected chi connectivity index (χ3v) is 4.86. The molecule has 1 amide bonds. The molecule has 2 aliphatic rings. The molecule has 0 aromatic rings. The van der Waals surface area contributed by atoms with E-state index in [1.165, 1.54) is 25.7 Å². The summed E-state index contributed by atoms with van der Waals surface area (Å²) in [7, 11) is 0. The van der Waals surface area contributed by atoms with Crippen LogP contribution in [-0.4, -0.2) is 36.0 Å². The van der Waals surface area contributed by atoms with E-state index >= 15 is 0 Å². The maximum Gasteiger partial charge on any atom is 0.227 e. The molecule has 0 aromatic heterocycles. The first kappa shape index (κ1) is 15.8. The van der Waals surface area contributed by atoms with Gasteiger partial charge >= 0.3 is 0 Å². The molecule has 3 heteroatoms. The molecule has 116 valence electrons. The molecular formula is C17H32N2O. The first-order chi connectivity index (χ1) is 9.36. The number of nitrogens with one attached hydrogen (secondary N) is 1. The Morgan fingerprint density at radius 1 is 1.20 bits per heavy atom. The lowest BCUT2D eigenvalue weighted by Gasteiger charge is -2.37. The molecule has 0 bridgehead atoms. The number of rotatable bonds is 4. The summed E-state index contributed by atoms with van der Waals surface area (Å²) in [4.78, 5) is 14.3. The molecule has 0 spiro atoms. The highest BCUT2D eigenvalue weighted by Gasteiger charge is 2.30. The number of nitrogens with zero attached hydrogens (tertiary/aromatic N) is 1. The van der Waals surface area contributed by atoms with Crippen molar-refractivity contribution in [1.82, 2.24) is 10.2 Å². The lowest BCUT2D eigenvalue weighted by molar-refractivity contribution is -0.140. The number of piperidine rings is 1. The number of carbonyl (C=O) groups excluding carboxylic acids is 1. The maximum absolute atomic E-state index is 12.2. The molecule has 2 fully saturated rings. The Morgan fingerprint density at radius 2 is 1.80 bits per heavy atom. The van der Waals surface area contributed by atoms with Crippen LogP contribution in [0.1, 0.15) is 66.2 Å². The summed E-state index contributed by atoms with van der Waals surface area (Å²) < 4.78 is 0. The van der Waals surface area contributed by atoms with E-state index in [-0.39, 0.29) is 5.41 Å². The van der Waals surface area contributed by atoms with Gasteiger partial charge < -0.3 is 10.2 Å². The minimum absolute atomic E-state index is 0.238. The van der Waals surface area contributed by atoms with E-state index in [0.29, 0.717) is 18.0 Å². The second kappa shape index (κ2) is 6.46. The number of hydrogen-bond donors (Lipinski definition) is 1. The topological polar surface area (TPSA) is 32.3 Å². The molecule has 0 aromatic carbocycles. The maximum atomic E-state index is 12.2. The summed E-state index contributed by atoms with van der Waals surface area (Å²) in [5.74, 6) is 1.28. The highest BCUT2D eigenvalue weighted by atomic mass is 16.2. The fraction of sp³-hybridized carbons (Fsp3) is 0.941. The zero-order valence-corrected chi connectivity index (χ0v) is 13.7. The molecule has 2 rings (SSSR count). The molecule has 20 heavy (non-hydrogen) atoms. The highest BCUT2D eigenvalue weighted by molar-refractivity contribution is 5.81. The molecule has 1 saturated heterocycles. The van der Waals surface area contributed by atoms with Crippen molar-refractivity contribution in [3.05, 3.63) is 0 Å². The van der Waals surface area contributed by atoms with E-state index in [2.05, 4.69) is 17.1 Å². The van der Waals surface area contributed by atoms with Crippen LogP contribution in [0.15, 0.2) is 0 Å². The van der Waals surface area contributed by atoms with Gasteiger partial charge in [0.2, 0.25) is 5.91 Å². The fourth-order valence-corrected chi connectivity index (χ4v) is 3.42. The van der Waals surface area contributed by atoms with Crippen LogP contribution in [-0.2, 0) is 4.79 Å². The van der Waals surface area contributed by atoms with Crippen molar-refractivity contribution in [3.8, 4) is 0 Å². The largest absolute Gasteiger partial charge is 0.342 e. The Balaban J connectivity index is 1.69. The Bertz CT molecular complexity index is 322. The average Bonchev–Trinajstić information content (AvgIpc) is 2.33. The van der Waals surface area contributed by atoms with Gasteiger partial charge in [-0.1, -0.05) is 40.0 Å². The summed E-state index contributed by atoms with van der Waals surface area (Å²) in [6.07, 6.45) is 7.86. The summed E-state index contributed by atoms with van der Waals surface area (Å²) >= 11 is 0. The van der Waals surface area contributed by atoms with E-state index < -0.39 is 0 Å². The van der Waals surface area contributed by atoms with Crippen LogP contribution in [0.3, 0.4) is 0 Å². The molecular weight excluding hydrogens is 248 g/mol. The van der Waals surface area contributed by atoms with Gasteiger partial charge in [-0.25, -0.2) is 0 Å². The zero-order valence-electron chi connectivity index (χ0n) is 13.7. The van der Waals surface area contributed by atoms with E-state index in [9.17, 15) is 4.79 Å². The molecule has 1 heterocycles.